The number of hydrogen-bond acceptors (Lipinski definition) is 3. The van der Waals surface area contributed by atoms with Crippen molar-refractivity contribution < 1.29 is 9.21 Å². The highest BCUT2D eigenvalue weighted by atomic mass is 35.5. The van der Waals surface area contributed by atoms with Crippen LogP contribution in [-0.2, 0) is 0 Å². The monoisotopic (exact) mass is 258 g/mol. The Kier molecular flexibility index (Phi) is 5.02. The van der Waals surface area contributed by atoms with E-state index in [2.05, 4.69) is 0 Å². The number of amides is 1. The van der Waals surface area contributed by atoms with Gasteiger partial charge in [-0.1, -0.05) is 0 Å². The molecule has 1 aliphatic rings. The zero-order valence-corrected chi connectivity index (χ0v) is 10.8. The van der Waals surface area contributed by atoms with Crippen molar-refractivity contribution in [3.05, 3.63) is 23.7 Å². The number of nitrogens with two attached hydrogens (primary N) is 1. The van der Waals surface area contributed by atoms with Crippen LogP contribution in [0.5, 0.6) is 0 Å². The number of nitrogens with zero attached hydrogens (tertiary/aromatic N) is 1. The molecule has 1 saturated heterocycles. The number of halogens is 1. The third kappa shape index (κ3) is 3.01. The fraction of sp³-hybridized carbons (Fsp3) is 0.583. The summed E-state index contributed by atoms with van der Waals surface area (Å²) in [7, 11) is 0. The van der Waals surface area contributed by atoms with Crippen LogP contribution in [0.15, 0.2) is 16.7 Å². The molecule has 0 radical (unpaired) electrons. The number of carbonyl (C=O) groups excluding carboxylic acids is 1. The zero-order chi connectivity index (χ0) is 11.5. The smallest absolute Gasteiger partial charge is 0.289 e. The van der Waals surface area contributed by atoms with Crippen molar-refractivity contribution in [2.75, 3.05) is 19.6 Å². The van der Waals surface area contributed by atoms with Crippen LogP contribution in [-0.4, -0.2) is 30.4 Å². The number of carbonyl (C=O) groups is 1. The van der Waals surface area contributed by atoms with E-state index in [1.54, 1.807) is 6.26 Å². The molecule has 5 heteroatoms. The fourth-order valence-corrected chi connectivity index (χ4v) is 2.18. The molecule has 1 unspecified atom stereocenters. The highest BCUT2D eigenvalue weighted by Gasteiger charge is 2.26. The number of piperidine rings is 1. The van der Waals surface area contributed by atoms with E-state index >= 15 is 0 Å². The van der Waals surface area contributed by atoms with E-state index in [0.717, 1.165) is 31.5 Å². The van der Waals surface area contributed by atoms with Crippen molar-refractivity contribution in [2.45, 2.75) is 19.8 Å². The van der Waals surface area contributed by atoms with Crippen LogP contribution in [0.3, 0.4) is 0 Å². The van der Waals surface area contributed by atoms with E-state index in [9.17, 15) is 4.79 Å². The summed E-state index contributed by atoms with van der Waals surface area (Å²) in [4.78, 5) is 14.0. The summed E-state index contributed by atoms with van der Waals surface area (Å²) >= 11 is 0. The fourth-order valence-electron chi connectivity index (χ4n) is 2.18. The van der Waals surface area contributed by atoms with Crippen molar-refractivity contribution in [2.24, 2.45) is 11.7 Å². The van der Waals surface area contributed by atoms with Crippen molar-refractivity contribution in [3.8, 4) is 0 Å². The van der Waals surface area contributed by atoms with Gasteiger partial charge in [0, 0.05) is 18.7 Å². The molecule has 1 amide bonds. The molecule has 0 saturated carbocycles. The Balaban J connectivity index is 0.00000144. The van der Waals surface area contributed by atoms with Crippen LogP contribution in [0, 0.1) is 12.8 Å². The highest BCUT2D eigenvalue weighted by molar-refractivity contribution is 5.92. The molecule has 0 spiro atoms. The second-order valence-electron chi connectivity index (χ2n) is 4.43. The van der Waals surface area contributed by atoms with Gasteiger partial charge in [0.05, 0.1) is 6.26 Å². The van der Waals surface area contributed by atoms with Crippen LogP contribution in [0.25, 0.3) is 0 Å². The van der Waals surface area contributed by atoms with Crippen molar-refractivity contribution in [1.82, 2.24) is 4.90 Å². The Labute approximate surface area is 108 Å². The molecule has 1 aromatic heterocycles. The lowest BCUT2D eigenvalue weighted by Crippen LogP contribution is -2.42. The summed E-state index contributed by atoms with van der Waals surface area (Å²) in [5.74, 6) is 0.909. The summed E-state index contributed by atoms with van der Waals surface area (Å²) in [5, 5.41) is 0. The molecule has 1 atom stereocenters. The Morgan fingerprint density at radius 1 is 1.65 bits per heavy atom. The molecule has 2 N–H and O–H groups in total. The lowest BCUT2D eigenvalue weighted by molar-refractivity contribution is 0.0645. The zero-order valence-electron chi connectivity index (χ0n) is 10.0. The molecular weight excluding hydrogens is 240 g/mol. The second kappa shape index (κ2) is 6.07. The average molecular weight is 259 g/mol. The number of furan rings is 1. The molecule has 1 fully saturated rings. The lowest BCUT2D eigenvalue weighted by atomic mass is 9.98. The van der Waals surface area contributed by atoms with Gasteiger partial charge in [-0.15, -0.1) is 12.4 Å². The van der Waals surface area contributed by atoms with Gasteiger partial charge in [0.15, 0.2) is 5.76 Å². The Morgan fingerprint density at radius 2 is 2.41 bits per heavy atom. The summed E-state index contributed by atoms with van der Waals surface area (Å²) in [6.45, 7) is 4.12. The van der Waals surface area contributed by atoms with Crippen LogP contribution in [0.1, 0.15) is 29.0 Å². The van der Waals surface area contributed by atoms with E-state index < -0.39 is 0 Å². The Morgan fingerprint density at radius 3 is 3.00 bits per heavy atom. The molecule has 0 aliphatic carbocycles. The highest BCUT2D eigenvalue weighted by Crippen LogP contribution is 2.19. The third-order valence-corrected chi connectivity index (χ3v) is 3.20. The van der Waals surface area contributed by atoms with Crippen LogP contribution < -0.4 is 5.73 Å². The quantitative estimate of drug-likeness (QED) is 0.880. The first kappa shape index (κ1) is 14.1. The minimum absolute atomic E-state index is 0. The van der Waals surface area contributed by atoms with Gasteiger partial charge in [0.1, 0.15) is 0 Å². The molecule has 2 rings (SSSR count). The minimum atomic E-state index is 0. The second-order valence-corrected chi connectivity index (χ2v) is 4.43. The van der Waals surface area contributed by atoms with Crippen molar-refractivity contribution in [3.63, 3.8) is 0 Å². The van der Waals surface area contributed by atoms with E-state index in [4.69, 9.17) is 10.2 Å². The first-order valence-corrected chi connectivity index (χ1v) is 5.76. The summed E-state index contributed by atoms with van der Waals surface area (Å²) < 4.78 is 5.23. The van der Waals surface area contributed by atoms with Gasteiger partial charge in [-0.3, -0.25) is 4.79 Å². The number of likely N-dealkylation sites (tertiary alicyclic amines) is 1. The lowest BCUT2D eigenvalue weighted by Gasteiger charge is -2.31. The largest absolute Gasteiger partial charge is 0.459 e. The van der Waals surface area contributed by atoms with Gasteiger partial charge < -0.3 is 15.1 Å². The summed E-state index contributed by atoms with van der Waals surface area (Å²) in [6, 6.07) is 1.82. The molecule has 1 aromatic rings. The molecule has 4 nitrogen and oxygen atoms in total. The molecule has 0 aromatic carbocycles. The first-order chi connectivity index (χ1) is 7.72. The standard InChI is InChI=1S/C12H18N2O2.ClH/c1-9-4-6-16-11(9)12(15)14-5-2-3-10(7-13)8-14;/h4,6,10H,2-3,5,7-8,13H2,1H3;1H. The average Bonchev–Trinajstić information content (AvgIpc) is 2.74. The van der Waals surface area contributed by atoms with Crippen LogP contribution in [0.2, 0.25) is 0 Å². The van der Waals surface area contributed by atoms with E-state index in [1.807, 2.05) is 17.9 Å². The number of aryl methyl sites for hydroxylation is 1. The van der Waals surface area contributed by atoms with E-state index in [0.29, 0.717) is 18.2 Å². The molecule has 96 valence electrons. The molecule has 17 heavy (non-hydrogen) atoms. The predicted molar refractivity (Wildman–Crippen MR) is 68.4 cm³/mol. The molecule has 0 bridgehead atoms. The van der Waals surface area contributed by atoms with Crippen LogP contribution >= 0.6 is 12.4 Å². The summed E-state index contributed by atoms with van der Waals surface area (Å²) in [6.07, 6.45) is 3.72. The molecular formula is C12H19ClN2O2. The van der Waals surface area contributed by atoms with Gasteiger partial charge in [0.2, 0.25) is 0 Å². The maximum Gasteiger partial charge on any atom is 0.289 e. The molecule has 1 aliphatic heterocycles. The van der Waals surface area contributed by atoms with Crippen molar-refractivity contribution >= 4 is 18.3 Å². The van der Waals surface area contributed by atoms with Gasteiger partial charge in [-0.05, 0) is 38.3 Å². The van der Waals surface area contributed by atoms with Gasteiger partial charge in [0.25, 0.3) is 5.91 Å². The van der Waals surface area contributed by atoms with Gasteiger partial charge in [-0.25, -0.2) is 0 Å². The van der Waals surface area contributed by atoms with E-state index in [-0.39, 0.29) is 18.3 Å². The topological polar surface area (TPSA) is 59.5 Å². The first-order valence-electron chi connectivity index (χ1n) is 5.76. The summed E-state index contributed by atoms with van der Waals surface area (Å²) in [5.41, 5.74) is 6.56. The van der Waals surface area contributed by atoms with Crippen molar-refractivity contribution in [1.29, 1.82) is 0 Å². The van der Waals surface area contributed by atoms with Gasteiger partial charge in [-0.2, -0.15) is 0 Å². The number of hydrogen-bond donors (Lipinski definition) is 1. The minimum Gasteiger partial charge on any atom is -0.459 e. The van der Waals surface area contributed by atoms with E-state index in [1.165, 1.54) is 0 Å². The number of rotatable bonds is 2. The Hall–Kier alpha value is -1.00. The maximum atomic E-state index is 12.1. The normalized spacial score (nSPS) is 19.9. The maximum absolute atomic E-state index is 12.1. The third-order valence-electron chi connectivity index (χ3n) is 3.20. The Bertz CT molecular complexity index is 378. The molecule has 2 heterocycles. The van der Waals surface area contributed by atoms with Crippen LogP contribution in [0.4, 0.5) is 0 Å². The predicted octanol–water partition coefficient (Wildman–Crippen LogP) is 1.82. The SMILES string of the molecule is Cc1ccoc1C(=O)N1CCCC(CN)C1.Cl. The van der Waals surface area contributed by atoms with Gasteiger partial charge >= 0.3 is 0 Å².